The Morgan fingerprint density at radius 1 is 0.882 bits per heavy atom. The molecular formula is C8H21N3O4S2. The fourth-order valence-corrected chi connectivity index (χ4v) is 2.72. The van der Waals surface area contributed by atoms with Crippen LogP contribution in [0.4, 0.5) is 0 Å². The molecule has 0 fully saturated rings. The van der Waals surface area contributed by atoms with Gasteiger partial charge in [-0.3, -0.25) is 0 Å². The van der Waals surface area contributed by atoms with Gasteiger partial charge in [0.05, 0.1) is 11.5 Å². The summed E-state index contributed by atoms with van der Waals surface area (Å²) < 4.78 is 49.5. The van der Waals surface area contributed by atoms with E-state index in [2.05, 4.69) is 14.8 Å². The first-order valence-electron chi connectivity index (χ1n) is 5.42. The SMILES string of the molecule is CCS(=O)(=O)NCCS(=O)(=O)NCCCNC. The van der Waals surface area contributed by atoms with E-state index < -0.39 is 20.0 Å². The van der Waals surface area contributed by atoms with Gasteiger partial charge in [-0.1, -0.05) is 0 Å². The van der Waals surface area contributed by atoms with Crippen LogP contribution in [0.5, 0.6) is 0 Å². The van der Waals surface area contributed by atoms with Crippen LogP contribution in [0.3, 0.4) is 0 Å². The molecule has 0 aliphatic carbocycles. The molecule has 0 saturated heterocycles. The molecule has 0 spiro atoms. The van der Waals surface area contributed by atoms with Gasteiger partial charge in [-0.15, -0.1) is 0 Å². The molecule has 3 N–H and O–H groups in total. The van der Waals surface area contributed by atoms with Gasteiger partial charge in [-0.25, -0.2) is 26.3 Å². The first kappa shape index (κ1) is 16.8. The second kappa shape index (κ2) is 7.98. The molecule has 0 saturated carbocycles. The van der Waals surface area contributed by atoms with Crippen molar-refractivity contribution < 1.29 is 16.8 Å². The van der Waals surface area contributed by atoms with E-state index in [4.69, 9.17) is 0 Å². The lowest BCUT2D eigenvalue weighted by Crippen LogP contribution is -2.35. The number of nitrogens with one attached hydrogen (secondary N) is 3. The van der Waals surface area contributed by atoms with Gasteiger partial charge in [0.15, 0.2) is 0 Å². The third kappa shape index (κ3) is 9.48. The first-order valence-corrected chi connectivity index (χ1v) is 8.72. The van der Waals surface area contributed by atoms with Crippen molar-refractivity contribution in [1.29, 1.82) is 0 Å². The summed E-state index contributed by atoms with van der Waals surface area (Å²) in [6.07, 6.45) is 0.691. The number of hydrogen-bond acceptors (Lipinski definition) is 5. The molecule has 0 aliphatic rings. The molecule has 0 heterocycles. The van der Waals surface area contributed by atoms with Crippen LogP contribution >= 0.6 is 0 Å². The van der Waals surface area contributed by atoms with Crippen LogP contribution in [0.25, 0.3) is 0 Å². The minimum absolute atomic E-state index is 0.0529. The zero-order valence-electron chi connectivity index (χ0n) is 10.2. The third-order valence-corrected chi connectivity index (χ3v) is 4.79. The van der Waals surface area contributed by atoms with Gasteiger partial charge in [0.2, 0.25) is 20.0 Å². The van der Waals surface area contributed by atoms with E-state index >= 15 is 0 Å². The van der Waals surface area contributed by atoms with Crippen LogP contribution < -0.4 is 14.8 Å². The Balaban J connectivity index is 3.87. The second-order valence-corrected chi connectivity index (χ2v) is 7.49. The normalized spacial score (nSPS) is 12.8. The van der Waals surface area contributed by atoms with Gasteiger partial charge in [0.25, 0.3) is 0 Å². The average molecular weight is 287 g/mol. The molecule has 0 rings (SSSR count). The molecule has 9 heteroatoms. The van der Waals surface area contributed by atoms with Crippen molar-refractivity contribution in [2.75, 3.05) is 38.2 Å². The topological polar surface area (TPSA) is 104 Å². The van der Waals surface area contributed by atoms with E-state index in [1.54, 1.807) is 7.05 Å². The average Bonchev–Trinajstić information content (AvgIpc) is 2.24. The summed E-state index contributed by atoms with van der Waals surface area (Å²) in [6.45, 7) is 2.47. The van der Waals surface area contributed by atoms with Gasteiger partial charge < -0.3 is 5.32 Å². The molecule has 7 nitrogen and oxygen atoms in total. The minimum atomic E-state index is -3.40. The molecule has 104 valence electrons. The molecule has 0 aromatic heterocycles. The van der Waals surface area contributed by atoms with Crippen molar-refractivity contribution in [2.24, 2.45) is 0 Å². The zero-order chi connectivity index (χ0) is 13.4. The quantitative estimate of drug-likeness (QED) is 0.422. The molecule has 0 aliphatic heterocycles. The van der Waals surface area contributed by atoms with E-state index in [-0.39, 0.29) is 18.1 Å². The second-order valence-electron chi connectivity index (χ2n) is 3.47. The van der Waals surface area contributed by atoms with Crippen LogP contribution in [-0.2, 0) is 20.0 Å². The summed E-state index contributed by atoms with van der Waals surface area (Å²) in [5.41, 5.74) is 0. The molecule has 0 aromatic carbocycles. The lowest BCUT2D eigenvalue weighted by Gasteiger charge is -2.07. The lowest BCUT2D eigenvalue weighted by atomic mass is 10.4. The maximum Gasteiger partial charge on any atom is 0.212 e. The fraction of sp³-hybridized carbons (Fsp3) is 1.00. The smallest absolute Gasteiger partial charge is 0.212 e. The molecular weight excluding hydrogens is 266 g/mol. The molecule has 0 aromatic rings. The van der Waals surface area contributed by atoms with E-state index in [9.17, 15) is 16.8 Å². The molecule has 0 unspecified atom stereocenters. The summed E-state index contributed by atoms with van der Waals surface area (Å²) in [6, 6.07) is 0. The van der Waals surface area contributed by atoms with Gasteiger partial charge >= 0.3 is 0 Å². The zero-order valence-corrected chi connectivity index (χ0v) is 11.8. The van der Waals surface area contributed by atoms with Crippen LogP contribution in [0.1, 0.15) is 13.3 Å². The predicted molar refractivity (Wildman–Crippen MR) is 67.8 cm³/mol. The van der Waals surface area contributed by atoms with Gasteiger partial charge in [-0.2, -0.15) is 0 Å². The van der Waals surface area contributed by atoms with E-state index in [1.807, 2.05) is 0 Å². The third-order valence-electron chi connectivity index (χ3n) is 2.00. The van der Waals surface area contributed by atoms with E-state index in [0.717, 1.165) is 6.54 Å². The maximum atomic E-state index is 11.4. The van der Waals surface area contributed by atoms with Crippen molar-refractivity contribution in [2.45, 2.75) is 13.3 Å². The highest BCUT2D eigenvalue weighted by molar-refractivity contribution is 7.90. The highest BCUT2D eigenvalue weighted by Crippen LogP contribution is 1.87. The highest BCUT2D eigenvalue weighted by atomic mass is 32.2. The van der Waals surface area contributed by atoms with Gasteiger partial charge in [0.1, 0.15) is 0 Å². The summed E-state index contributed by atoms with van der Waals surface area (Å²) >= 11 is 0. The van der Waals surface area contributed by atoms with Crippen LogP contribution in [0.2, 0.25) is 0 Å². The monoisotopic (exact) mass is 287 g/mol. The van der Waals surface area contributed by atoms with Crippen molar-refractivity contribution in [3.05, 3.63) is 0 Å². The van der Waals surface area contributed by atoms with Crippen molar-refractivity contribution >= 4 is 20.0 Å². The Hall–Kier alpha value is -0.220. The Kier molecular flexibility index (Phi) is 7.88. The molecule has 0 radical (unpaired) electrons. The molecule has 0 bridgehead atoms. The lowest BCUT2D eigenvalue weighted by molar-refractivity contribution is 0.572. The maximum absolute atomic E-state index is 11.4. The summed E-state index contributed by atoms with van der Waals surface area (Å²) in [5.74, 6) is -0.297. The standard InChI is InChI=1S/C8H21N3O4S2/c1-3-16(12,13)11-7-8-17(14,15)10-6-4-5-9-2/h9-11H,3-8H2,1-2H3. The summed E-state index contributed by atoms with van der Waals surface area (Å²) in [7, 11) is -4.93. The van der Waals surface area contributed by atoms with Crippen LogP contribution in [-0.4, -0.2) is 55.0 Å². The van der Waals surface area contributed by atoms with Gasteiger partial charge in [-0.05, 0) is 26.9 Å². The number of sulfonamides is 2. The van der Waals surface area contributed by atoms with Crippen molar-refractivity contribution in [3.8, 4) is 0 Å². The van der Waals surface area contributed by atoms with Crippen LogP contribution in [0.15, 0.2) is 0 Å². The minimum Gasteiger partial charge on any atom is -0.320 e. The Labute approximate surface area is 103 Å². The van der Waals surface area contributed by atoms with Crippen molar-refractivity contribution in [3.63, 3.8) is 0 Å². The number of rotatable bonds is 10. The number of hydrogen-bond donors (Lipinski definition) is 3. The van der Waals surface area contributed by atoms with E-state index in [0.29, 0.717) is 13.0 Å². The largest absolute Gasteiger partial charge is 0.320 e. The van der Waals surface area contributed by atoms with E-state index in [1.165, 1.54) is 6.92 Å². The van der Waals surface area contributed by atoms with Crippen molar-refractivity contribution in [1.82, 2.24) is 14.8 Å². The summed E-state index contributed by atoms with van der Waals surface area (Å²) in [5, 5.41) is 2.90. The molecule has 0 atom stereocenters. The van der Waals surface area contributed by atoms with Gasteiger partial charge in [0, 0.05) is 13.1 Å². The van der Waals surface area contributed by atoms with Crippen LogP contribution in [0, 0.1) is 0 Å². The molecule has 17 heavy (non-hydrogen) atoms. The fourth-order valence-electron chi connectivity index (χ4n) is 0.999. The Bertz CT molecular complexity index is 391. The highest BCUT2D eigenvalue weighted by Gasteiger charge is 2.11. The summed E-state index contributed by atoms with van der Waals surface area (Å²) in [4.78, 5) is 0. The first-order chi connectivity index (χ1) is 7.83. The predicted octanol–water partition coefficient (Wildman–Crippen LogP) is -1.55. The molecule has 0 amide bonds. The Morgan fingerprint density at radius 3 is 2.00 bits per heavy atom. The Morgan fingerprint density at radius 2 is 1.47 bits per heavy atom.